The van der Waals surface area contributed by atoms with E-state index in [1.165, 1.54) is 19.3 Å². The number of carbonyl (C=O) groups is 2. The van der Waals surface area contributed by atoms with E-state index in [0.717, 1.165) is 27.8 Å². The van der Waals surface area contributed by atoms with Crippen LogP contribution >= 0.6 is 0 Å². The zero-order chi connectivity index (χ0) is 26.0. The molecule has 9 nitrogen and oxygen atoms in total. The number of carboxylic acid groups (broad SMARTS) is 1. The summed E-state index contributed by atoms with van der Waals surface area (Å²) in [4.78, 5) is 36.2. The van der Waals surface area contributed by atoms with Crippen molar-refractivity contribution in [1.29, 1.82) is 0 Å². The lowest BCUT2D eigenvalue weighted by Crippen LogP contribution is -2.40. The van der Waals surface area contributed by atoms with Gasteiger partial charge < -0.3 is 19.3 Å². The number of ether oxygens (including phenoxy) is 1. The van der Waals surface area contributed by atoms with Crippen molar-refractivity contribution < 1.29 is 23.8 Å². The van der Waals surface area contributed by atoms with Crippen LogP contribution in [-0.4, -0.2) is 56.7 Å². The van der Waals surface area contributed by atoms with Gasteiger partial charge in [0.05, 0.1) is 31.1 Å². The third kappa shape index (κ3) is 4.66. The first-order chi connectivity index (χ1) is 17.2. The Bertz CT molecular complexity index is 1320. The summed E-state index contributed by atoms with van der Waals surface area (Å²) in [7, 11) is 1.42. The minimum atomic E-state index is -1.12. The second-order valence-electron chi connectivity index (χ2n) is 8.51. The quantitative estimate of drug-likeness (QED) is 0.500. The van der Waals surface area contributed by atoms with Crippen LogP contribution in [0.25, 0.3) is 6.08 Å². The van der Waals surface area contributed by atoms with Gasteiger partial charge in [-0.3, -0.25) is 14.7 Å². The fourth-order valence-corrected chi connectivity index (χ4v) is 4.45. The van der Waals surface area contributed by atoms with E-state index in [-0.39, 0.29) is 17.6 Å². The first-order valence-electron chi connectivity index (χ1n) is 11.6. The number of imidazole rings is 1. The highest BCUT2D eigenvalue weighted by molar-refractivity contribution is 5.98. The standard InChI is InChI=1S/C26H28FN5O4/c1-5-18-11-17(15-31-10-8-28-25(31)30(4)26(34)35)12-20-19(18)7-9-32(24(20)33)16(3)22-13-23(36-6-2)21(27)14-29-22/h5,8,10-14,16H,1,6-7,9,15H2,2-4H3,(H,34,35). The molecule has 188 valence electrons. The van der Waals surface area contributed by atoms with Crippen LogP contribution in [0.2, 0.25) is 0 Å². The fourth-order valence-electron chi connectivity index (χ4n) is 4.45. The van der Waals surface area contributed by atoms with Gasteiger partial charge in [0.2, 0.25) is 5.95 Å². The lowest BCUT2D eigenvalue weighted by atomic mass is 9.90. The average molecular weight is 494 g/mol. The molecule has 1 N–H and O–H groups in total. The summed E-state index contributed by atoms with van der Waals surface area (Å²) in [6.45, 7) is 8.67. The molecule has 1 unspecified atom stereocenters. The maximum absolute atomic E-state index is 14.0. The highest BCUT2D eigenvalue weighted by atomic mass is 19.1. The number of fused-ring (bicyclic) bond motifs is 1. The summed E-state index contributed by atoms with van der Waals surface area (Å²) in [5.74, 6) is -0.325. The molecular weight excluding hydrogens is 465 g/mol. The lowest BCUT2D eigenvalue weighted by Gasteiger charge is -2.34. The monoisotopic (exact) mass is 493 g/mol. The Morgan fingerprint density at radius 1 is 1.36 bits per heavy atom. The van der Waals surface area contributed by atoms with Gasteiger partial charge in [-0.25, -0.2) is 14.2 Å². The van der Waals surface area contributed by atoms with Gasteiger partial charge in [0.1, 0.15) is 0 Å². The van der Waals surface area contributed by atoms with Gasteiger partial charge in [0.15, 0.2) is 11.6 Å². The molecule has 3 aromatic rings. The molecule has 2 amide bonds. The Morgan fingerprint density at radius 2 is 2.14 bits per heavy atom. The third-order valence-electron chi connectivity index (χ3n) is 6.33. The molecule has 0 saturated carbocycles. The van der Waals surface area contributed by atoms with E-state index in [1.54, 1.807) is 28.7 Å². The molecule has 10 heteroatoms. The summed E-state index contributed by atoms with van der Waals surface area (Å²) in [5, 5.41) is 9.33. The minimum Gasteiger partial charge on any atom is -0.491 e. The van der Waals surface area contributed by atoms with Crippen LogP contribution in [-0.2, 0) is 13.0 Å². The molecular formula is C26H28FN5O4. The molecule has 1 aliphatic heterocycles. The number of aromatic nitrogens is 3. The van der Waals surface area contributed by atoms with Crippen LogP contribution < -0.4 is 9.64 Å². The maximum atomic E-state index is 14.0. The van der Waals surface area contributed by atoms with Gasteiger partial charge in [-0.1, -0.05) is 12.7 Å². The first kappa shape index (κ1) is 24.9. The molecule has 1 aromatic carbocycles. The van der Waals surface area contributed by atoms with E-state index < -0.39 is 18.0 Å². The zero-order valence-corrected chi connectivity index (χ0v) is 20.4. The zero-order valence-electron chi connectivity index (χ0n) is 20.4. The molecule has 0 saturated heterocycles. The van der Waals surface area contributed by atoms with Crippen molar-refractivity contribution in [1.82, 2.24) is 19.4 Å². The second-order valence-corrected chi connectivity index (χ2v) is 8.51. The Morgan fingerprint density at radius 3 is 2.83 bits per heavy atom. The Kier molecular flexibility index (Phi) is 7.05. The number of nitrogens with zero attached hydrogens (tertiary/aromatic N) is 5. The van der Waals surface area contributed by atoms with Crippen molar-refractivity contribution in [3.05, 3.63) is 77.1 Å². The highest BCUT2D eigenvalue weighted by Gasteiger charge is 2.31. The summed E-state index contributed by atoms with van der Waals surface area (Å²) in [6, 6.07) is 4.93. The van der Waals surface area contributed by atoms with Crippen LogP contribution in [0.5, 0.6) is 5.75 Å². The Balaban J connectivity index is 1.66. The minimum absolute atomic E-state index is 0.109. The van der Waals surface area contributed by atoms with E-state index in [9.17, 15) is 19.1 Å². The number of hydrogen-bond acceptors (Lipinski definition) is 5. The third-order valence-corrected chi connectivity index (χ3v) is 6.33. The predicted octanol–water partition coefficient (Wildman–Crippen LogP) is 4.38. The summed E-state index contributed by atoms with van der Waals surface area (Å²) >= 11 is 0. The SMILES string of the molecule is C=Cc1cc(Cn2ccnc2N(C)C(=O)O)cc2c1CCN(C(C)c1cc(OCC)c(F)cn1)C2=O. The number of halogens is 1. The number of hydrogen-bond donors (Lipinski definition) is 1. The average Bonchev–Trinajstić information content (AvgIpc) is 3.32. The van der Waals surface area contributed by atoms with Crippen molar-refractivity contribution in [2.75, 3.05) is 25.1 Å². The van der Waals surface area contributed by atoms with Crippen molar-refractivity contribution in [2.24, 2.45) is 0 Å². The molecule has 1 aliphatic rings. The molecule has 0 radical (unpaired) electrons. The van der Waals surface area contributed by atoms with E-state index in [2.05, 4.69) is 16.5 Å². The predicted molar refractivity (Wildman–Crippen MR) is 133 cm³/mol. The fraction of sp³-hybridized carbons (Fsp3) is 0.308. The van der Waals surface area contributed by atoms with Gasteiger partial charge in [0, 0.05) is 37.6 Å². The molecule has 2 aromatic heterocycles. The van der Waals surface area contributed by atoms with Gasteiger partial charge in [-0.05, 0) is 49.1 Å². The van der Waals surface area contributed by atoms with E-state index >= 15 is 0 Å². The van der Waals surface area contributed by atoms with Gasteiger partial charge in [0.25, 0.3) is 5.91 Å². The Labute approximate surface area is 208 Å². The largest absolute Gasteiger partial charge is 0.491 e. The van der Waals surface area contributed by atoms with Crippen molar-refractivity contribution in [2.45, 2.75) is 32.9 Å². The molecule has 0 aliphatic carbocycles. The number of anilines is 1. The molecule has 1 atom stereocenters. The smallest absolute Gasteiger partial charge is 0.413 e. The maximum Gasteiger partial charge on any atom is 0.413 e. The van der Waals surface area contributed by atoms with Crippen LogP contribution in [0.3, 0.4) is 0 Å². The van der Waals surface area contributed by atoms with Crippen molar-refractivity contribution in [3.8, 4) is 5.75 Å². The Hall–Kier alpha value is -4.21. The summed E-state index contributed by atoms with van der Waals surface area (Å²) in [5.41, 5.74) is 3.67. The molecule has 4 rings (SSSR count). The van der Waals surface area contributed by atoms with Gasteiger partial charge in [-0.15, -0.1) is 0 Å². The molecule has 0 spiro atoms. The van der Waals surface area contributed by atoms with E-state index in [4.69, 9.17) is 4.74 Å². The van der Waals surface area contributed by atoms with Gasteiger partial charge in [-0.2, -0.15) is 0 Å². The highest BCUT2D eigenvalue weighted by Crippen LogP contribution is 2.32. The second kappa shape index (κ2) is 10.2. The van der Waals surface area contributed by atoms with Crippen molar-refractivity contribution >= 4 is 24.0 Å². The number of benzene rings is 1. The molecule has 0 fully saturated rings. The molecule has 36 heavy (non-hydrogen) atoms. The summed E-state index contributed by atoms with van der Waals surface area (Å²) in [6.07, 6.45) is 5.56. The number of pyridine rings is 1. The summed E-state index contributed by atoms with van der Waals surface area (Å²) < 4.78 is 21.1. The van der Waals surface area contributed by atoms with Crippen LogP contribution in [0.1, 0.15) is 52.6 Å². The van der Waals surface area contributed by atoms with Crippen LogP contribution in [0.15, 0.2) is 43.4 Å². The van der Waals surface area contributed by atoms with E-state index in [1.807, 2.05) is 19.1 Å². The van der Waals surface area contributed by atoms with Crippen LogP contribution in [0, 0.1) is 5.82 Å². The number of carbonyl (C=O) groups excluding carboxylic acids is 1. The normalized spacial score (nSPS) is 13.8. The molecule has 0 bridgehead atoms. The first-order valence-corrected chi connectivity index (χ1v) is 11.6. The van der Waals surface area contributed by atoms with Gasteiger partial charge >= 0.3 is 6.09 Å². The number of amides is 2. The topological polar surface area (TPSA) is 101 Å². The van der Waals surface area contributed by atoms with Crippen molar-refractivity contribution in [3.63, 3.8) is 0 Å². The number of rotatable bonds is 8. The van der Waals surface area contributed by atoms with Crippen LogP contribution in [0.4, 0.5) is 15.1 Å². The van der Waals surface area contributed by atoms with E-state index in [0.29, 0.717) is 37.4 Å². The lowest BCUT2D eigenvalue weighted by molar-refractivity contribution is 0.0668. The molecule has 3 heterocycles.